The number of hydrogen-bond donors (Lipinski definition) is 1. The molecule has 0 amide bonds. The van der Waals surface area contributed by atoms with E-state index in [-0.39, 0.29) is 12.2 Å². The molecule has 0 bridgehead atoms. The molecule has 2 rings (SSSR count). The lowest BCUT2D eigenvalue weighted by Crippen LogP contribution is -1.98. The van der Waals surface area contributed by atoms with Gasteiger partial charge < -0.3 is 5.11 Å². The third-order valence-electron chi connectivity index (χ3n) is 2.30. The summed E-state index contributed by atoms with van der Waals surface area (Å²) in [6, 6.07) is 6.23. The van der Waals surface area contributed by atoms with Crippen LogP contribution in [0.3, 0.4) is 0 Å². The van der Waals surface area contributed by atoms with E-state index in [0.717, 1.165) is 10.4 Å². The molecule has 0 atom stereocenters. The van der Waals surface area contributed by atoms with E-state index < -0.39 is 5.97 Å². The molecule has 1 aromatic carbocycles. The summed E-state index contributed by atoms with van der Waals surface area (Å²) in [5.74, 6) is -1.16. The minimum absolute atomic E-state index is 0.0338. The summed E-state index contributed by atoms with van der Waals surface area (Å²) in [5.41, 5.74) is 3.10. The number of carboxylic acids is 1. The molecule has 0 saturated heterocycles. The number of thiazole rings is 1. The fourth-order valence-electron chi connectivity index (χ4n) is 1.54. The zero-order chi connectivity index (χ0) is 12.3. The summed E-state index contributed by atoms with van der Waals surface area (Å²) < 4.78 is 13.1. The Balaban J connectivity index is 2.27. The Hall–Kier alpha value is -1.75. The van der Waals surface area contributed by atoms with Crippen molar-refractivity contribution < 1.29 is 14.3 Å². The third kappa shape index (κ3) is 2.88. The van der Waals surface area contributed by atoms with Crippen LogP contribution in [0.1, 0.15) is 12.1 Å². The topological polar surface area (TPSA) is 50.2 Å². The molecule has 0 fully saturated rings. The molecule has 17 heavy (non-hydrogen) atoms. The van der Waals surface area contributed by atoms with Crippen LogP contribution in [0.25, 0.3) is 10.4 Å². The van der Waals surface area contributed by atoms with Gasteiger partial charge in [0.05, 0.1) is 22.5 Å². The summed E-state index contributed by atoms with van der Waals surface area (Å²) in [6.45, 7) is 0. The fourth-order valence-corrected chi connectivity index (χ4v) is 2.38. The first kappa shape index (κ1) is 11.7. The summed E-state index contributed by atoms with van der Waals surface area (Å²) in [4.78, 5) is 15.5. The Morgan fingerprint density at radius 1 is 1.47 bits per heavy atom. The highest BCUT2D eigenvalue weighted by Gasteiger charge is 2.10. The van der Waals surface area contributed by atoms with Crippen molar-refractivity contribution in [3.63, 3.8) is 0 Å². The molecule has 2 aromatic rings. The van der Waals surface area contributed by atoms with E-state index in [2.05, 4.69) is 4.98 Å². The second kappa shape index (κ2) is 5.05. The number of carboxylic acid groups (broad SMARTS) is 1. The van der Waals surface area contributed by atoms with Crippen LogP contribution in [-0.4, -0.2) is 16.1 Å². The van der Waals surface area contributed by atoms with Crippen molar-refractivity contribution in [3.8, 4) is 10.4 Å². The maximum atomic E-state index is 13.1. The van der Waals surface area contributed by atoms with E-state index in [4.69, 9.17) is 5.11 Å². The van der Waals surface area contributed by atoms with Crippen LogP contribution in [0.5, 0.6) is 0 Å². The summed E-state index contributed by atoms with van der Waals surface area (Å²) in [5, 5.41) is 8.63. The van der Waals surface area contributed by atoms with Gasteiger partial charge in [-0.25, -0.2) is 9.37 Å². The average molecular weight is 251 g/mol. The van der Waals surface area contributed by atoms with E-state index in [1.54, 1.807) is 17.6 Å². The van der Waals surface area contributed by atoms with Crippen molar-refractivity contribution in [1.82, 2.24) is 4.98 Å². The molecular formula is C12H10FNO2S. The normalized spacial score (nSPS) is 10.4. The van der Waals surface area contributed by atoms with Crippen molar-refractivity contribution in [3.05, 3.63) is 41.3 Å². The smallest absolute Gasteiger partial charge is 0.303 e. The molecule has 0 spiro atoms. The quantitative estimate of drug-likeness (QED) is 0.908. The Bertz CT molecular complexity index is 539. The second-order valence-corrected chi connectivity index (χ2v) is 4.39. The Morgan fingerprint density at radius 2 is 2.29 bits per heavy atom. The molecule has 0 radical (unpaired) electrons. The molecule has 3 nitrogen and oxygen atoms in total. The standard InChI is InChI=1S/C12H10FNO2S/c13-9-3-1-2-8(6-9)12-10(14-7-17-12)4-5-11(15)16/h1-3,6-7H,4-5H2,(H,15,16). The summed E-state index contributed by atoms with van der Waals surface area (Å²) in [7, 11) is 0. The zero-order valence-corrected chi connectivity index (χ0v) is 9.71. The van der Waals surface area contributed by atoms with Gasteiger partial charge in [0.25, 0.3) is 0 Å². The van der Waals surface area contributed by atoms with Crippen molar-refractivity contribution in [2.24, 2.45) is 0 Å². The van der Waals surface area contributed by atoms with Gasteiger partial charge in [-0.05, 0) is 17.7 Å². The summed E-state index contributed by atoms with van der Waals surface area (Å²) in [6.07, 6.45) is 0.400. The molecule has 1 heterocycles. The number of hydrogen-bond acceptors (Lipinski definition) is 3. The van der Waals surface area contributed by atoms with E-state index in [1.807, 2.05) is 0 Å². The highest BCUT2D eigenvalue weighted by atomic mass is 32.1. The first-order chi connectivity index (χ1) is 8.16. The molecule has 0 unspecified atom stereocenters. The second-order valence-electron chi connectivity index (χ2n) is 3.53. The fraction of sp³-hybridized carbons (Fsp3) is 0.167. The lowest BCUT2D eigenvalue weighted by atomic mass is 10.1. The minimum atomic E-state index is -0.858. The molecule has 88 valence electrons. The lowest BCUT2D eigenvalue weighted by molar-refractivity contribution is -0.136. The lowest BCUT2D eigenvalue weighted by Gasteiger charge is -2.01. The monoisotopic (exact) mass is 251 g/mol. The van der Waals surface area contributed by atoms with Crippen LogP contribution in [-0.2, 0) is 11.2 Å². The van der Waals surface area contributed by atoms with Crippen molar-refractivity contribution in [2.75, 3.05) is 0 Å². The Labute approximate surface area is 102 Å². The van der Waals surface area contributed by atoms with Gasteiger partial charge in [-0.3, -0.25) is 4.79 Å². The van der Waals surface area contributed by atoms with Gasteiger partial charge in [0.1, 0.15) is 5.82 Å². The van der Waals surface area contributed by atoms with Crippen LogP contribution in [0.4, 0.5) is 4.39 Å². The molecule has 1 aromatic heterocycles. The maximum Gasteiger partial charge on any atom is 0.303 e. The number of rotatable bonds is 4. The van der Waals surface area contributed by atoms with Crippen LogP contribution in [0.2, 0.25) is 0 Å². The molecule has 0 saturated carbocycles. The number of aromatic nitrogens is 1. The predicted molar refractivity (Wildman–Crippen MR) is 63.5 cm³/mol. The maximum absolute atomic E-state index is 13.1. The molecular weight excluding hydrogens is 241 g/mol. The van der Waals surface area contributed by atoms with Crippen LogP contribution in [0, 0.1) is 5.82 Å². The Kier molecular flexibility index (Phi) is 3.49. The van der Waals surface area contributed by atoms with Crippen molar-refractivity contribution in [1.29, 1.82) is 0 Å². The van der Waals surface area contributed by atoms with Crippen LogP contribution >= 0.6 is 11.3 Å². The SMILES string of the molecule is O=C(O)CCc1ncsc1-c1cccc(F)c1. The Morgan fingerprint density at radius 3 is 3.00 bits per heavy atom. The minimum Gasteiger partial charge on any atom is -0.481 e. The predicted octanol–water partition coefficient (Wildman–Crippen LogP) is 2.97. The molecule has 0 aliphatic heterocycles. The number of benzene rings is 1. The number of carbonyl (C=O) groups is 1. The highest BCUT2D eigenvalue weighted by Crippen LogP contribution is 2.28. The van der Waals surface area contributed by atoms with Gasteiger partial charge in [0, 0.05) is 6.42 Å². The molecule has 0 aliphatic carbocycles. The van der Waals surface area contributed by atoms with E-state index in [9.17, 15) is 9.18 Å². The van der Waals surface area contributed by atoms with Crippen LogP contribution < -0.4 is 0 Å². The first-order valence-corrected chi connectivity index (χ1v) is 5.95. The summed E-state index contributed by atoms with van der Waals surface area (Å²) >= 11 is 1.39. The highest BCUT2D eigenvalue weighted by molar-refractivity contribution is 7.13. The number of halogens is 1. The molecule has 5 heteroatoms. The van der Waals surface area contributed by atoms with Gasteiger partial charge in [-0.1, -0.05) is 12.1 Å². The van der Waals surface area contributed by atoms with E-state index in [0.29, 0.717) is 12.1 Å². The van der Waals surface area contributed by atoms with Gasteiger partial charge >= 0.3 is 5.97 Å². The largest absolute Gasteiger partial charge is 0.481 e. The van der Waals surface area contributed by atoms with Gasteiger partial charge in [0.2, 0.25) is 0 Å². The molecule has 1 N–H and O–H groups in total. The third-order valence-corrected chi connectivity index (χ3v) is 3.22. The average Bonchev–Trinajstić information content (AvgIpc) is 2.74. The van der Waals surface area contributed by atoms with Crippen LogP contribution in [0.15, 0.2) is 29.8 Å². The first-order valence-electron chi connectivity index (χ1n) is 5.07. The number of aliphatic carboxylic acids is 1. The van der Waals surface area contributed by atoms with Gasteiger partial charge in [-0.2, -0.15) is 0 Å². The van der Waals surface area contributed by atoms with Crippen molar-refractivity contribution >= 4 is 17.3 Å². The van der Waals surface area contributed by atoms with E-state index in [1.165, 1.54) is 23.5 Å². The number of aryl methyl sites for hydroxylation is 1. The van der Waals surface area contributed by atoms with E-state index >= 15 is 0 Å². The zero-order valence-electron chi connectivity index (χ0n) is 8.89. The van der Waals surface area contributed by atoms with Crippen molar-refractivity contribution in [2.45, 2.75) is 12.8 Å². The van der Waals surface area contributed by atoms with Gasteiger partial charge in [0.15, 0.2) is 0 Å². The molecule has 0 aliphatic rings. The van der Waals surface area contributed by atoms with Gasteiger partial charge in [-0.15, -0.1) is 11.3 Å². The number of nitrogens with zero attached hydrogens (tertiary/aromatic N) is 1.